The monoisotopic (exact) mass is 391 g/mol. The molecule has 1 atom stereocenters. The van der Waals surface area contributed by atoms with Gasteiger partial charge in [-0.15, -0.1) is 29.9 Å². The van der Waals surface area contributed by atoms with Gasteiger partial charge in [-0.2, -0.15) is 5.10 Å². The summed E-state index contributed by atoms with van der Waals surface area (Å²) in [4.78, 5) is 17.1. The van der Waals surface area contributed by atoms with Gasteiger partial charge in [0.2, 0.25) is 5.91 Å². The van der Waals surface area contributed by atoms with E-state index in [1.54, 1.807) is 6.20 Å². The Labute approximate surface area is 163 Å². The highest BCUT2D eigenvalue weighted by Crippen LogP contribution is 2.30. The van der Waals surface area contributed by atoms with E-state index < -0.39 is 5.41 Å². The van der Waals surface area contributed by atoms with Crippen LogP contribution in [0.4, 0.5) is 5.82 Å². The van der Waals surface area contributed by atoms with E-state index in [1.807, 2.05) is 24.1 Å². The Hall–Kier alpha value is -1.11. The Kier molecular flexibility index (Phi) is 10.3. The van der Waals surface area contributed by atoms with Crippen molar-refractivity contribution in [2.24, 2.45) is 11.1 Å². The zero-order chi connectivity index (χ0) is 16.9. The van der Waals surface area contributed by atoms with Gasteiger partial charge in [0.15, 0.2) is 5.82 Å². The summed E-state index contributed by atoms with van der Waals surface area (Å²) in [6.07, 6.45) is 5.31. The molecule has 1 fully saturated rings. The molecule has 1 amide bonds. The average Bonchev–Trinajstić information content (AvgIpc) is 2.63. The quantitative estimate of drug-likeness (QED) is 0.805. The van der Waals surface area contributed by atoms with Crippen LogP contribution in [0.1, 0.15) is 39.5 Å². The number of carbonyl (C=O) groups is 1. The number of halogens is 2. The summed E-state index contributed by atoms with van der Waals surface area (Å²) in [6, 6.07) is 4.07. The maximum atomic E-state index is 13.0. The van der Waals surface area contributed by atoms with Crippen LogP contribution < -0.4 is 10.6 Å². The number of aromatic nitrogens is 2. The van der Waals surface area contributed by atoms with E-state index in [9.17, 15) is 4.79 Å². The molecule has 1 saturated heterocycles. The zero-order valence-corrected chi connectivity index (χ0v) is 17.0. The van der Waals surface area contributed by atoms with Crippen LogP contribution in [0.3, 0.4) is 0 Å². The van der Waals surface area contributed by atoms with E-state index in [1.165, 1.54) is 0 Å². The number of nitrogens with zero attached hydrogens (tertiary/aromatic N) is 4. The van der Waals surface area contributed by atoms with Crippen LogP contribution in [0.2, 0.25) is 0 Å². The number of hydrogen-bond donors (Lipinski definition) is 1. The highest BCUT2D eigenvalue weighted by Gasteiger charge is 2.38. The first-order chi connectivity index (χ1) is 11.1. The Balaban J connectivity index is 0.00000288. The molecule has 2 N–H and O–H groups in total. The van der Waals surface area contributed by atoms with E-state index in [-0.39, 0.29) is 36.8 Å². The van der Waals surface area contributed by atoms with Crippen molar-refractivity contribution < 1.29 is 4.79 Å². The number of nitrogens with two attached hydrogens (primary N) is 1. The minimum Gasteiger partial charge on any atom is -0.353 e. The summed E-state index contributed by atoms with van der Waals surface area (Å²) >= 11 is 0. The van der Waals surface area contributed by atoms with E-state index in [0.29, 0.717) is 6.54 Å². The molecule has 1 aliphatic rings. The Bertz CT molecular complexity index is 505. The van der Waals surface area contributed by atoms with E-state index in [4.69, 9.17) is 5.73 Å². The predicted octanol–water partition coefficient (Wildman–Crippen LogP) is 2.51. The molecule has 1 unspecified atom stereocenters. The minimum absolute atomic E-state index is 0. The number of likely N-dealkylation sites (N-methyl/N-ethyl adjacent to an activating group) is 1. The predicted molar refractivity (Wildman–Crippen MR) is 107 cm³/mol. The van der Waals surface area contributed by atoms with Gasteiger partial charge in [-0.25, -0.2) is 0 Å². The first-order valence-corrected chi connectivity index (χ1v) is 8.58. The van der Waals surface area contributed by atoms with Crippen molar-refractivity contribution in [1.82, 2.24) is 15.1 Å². The SMILES string of the molecule is CCC(CC)(CN)C(=O)N(C)C1CCCN(c2cccnn2)C1.Cl.Cl. The topological polar surface area (TPSA) is 75.4 Å². The van der Waals surface area contributed by atoms with Crippen LogP contribution in [-0.2, 0) is 4.79 Å². The largest absolute Gasteiger partial charge is 0.353 e. The number of rotatable bonds is 6. The third-order valence-electron chi connectivity index (χ3n) is 5.34. The Morgan fingerprint density at radius 3 is 2.60 bits per heavy atom. The summed E-state index contributed by atoms with van der Waals surface area (Å²) in [7, 11) is 1.92. The molecule has 2 rings (SSSR count). The minimum atomic E-state index is -0.427. The maximum absolute atomic E-state index is 13.0. The third-order valence-corrected chi connectivity index (χ3v) is 5.34. The van der Waals surface area contributed by atoms with Crippen molar-refractivity contribution >= 4 is 36.5 Å². The van der Waals surface area contributed by atoms with Gasteiger partial charge in [0, 0.05) is 38.9 Å². The second-order valence-corrected chi connectivity index (χ2v) is 6.43. The van der Waals surface area contributed by atoms with Crippen molar-refractivity contribution in [3.8, 4) is 0 Å². The van der Waals surface area contributed by atoms with Gasteiger partial charge in [0.05, 0.1) is 5.41 Å². The molecule has 0 radical (unpaired) electrons. The van der Waals surface area contributed by atoms with Gasteiger partial charge in [-0.05, 0) is 37.8 Å². The molecule has 0 saturated carbocycles. The molecule has 1 aliphatic heterocycles. The molecule has 144 valence electrons. The van der Waals surface area contributed by atoms with Crippen molar-refractivity contribution in [2.75, 3.05) is 31.6 Å². The smallest absolute Gasteiger partial charge is 0.230 e. The summed E-state index contributed by atoms with van der Waals surface area (Å²) in [5.74, 6) is 1.06. The fourth-order valence-electron chi connectivity index (χ4n) is 3.41. The lowest BCUT2D eigenvalue weighted by Gasteiger charge is -2.42. The highest BCUT2D eigenvalue weighted by atomic mass is 35.5. The number of amides is 1. The summed E-state index contributed by atoms with van der Waals surface area (Å²) in [5.41, 5.74) is 5.51. The number of anilines is 1. The maximum Gasteiger partial charge on any atom is 0.230 e. The van der Waals surface area contributed by atoms with Gasteiger partial charge >= 0.3 is 0 Å². The van der Waals surface area contributed by atoms with Crippen molar-refractivity contribution in [1.29, 1.82) is 0 Å². The molecule has 25 heavy (non-hydrogen) atoms. The first-order valence-electron chi connectivity index (χ1n) is 8.58. The van der Waals surface area contributed by atoms with Crippen LogP contribution in [0.15, 0.2) is 18.3 Å². The van der Waals surface area contributed by atoms with Crippen LogP contribution >= 0.6 is 24.8 Å². The zero-order valence-electron chi connectivity index (χ0n) is 15.4. The lowest BCUT2D eigenvalue weighted by molar-refractivity contribution is -0.143. The second-order valence-electron chi connectivity index (χ2n) is 6.43. The van der Waals surface area contributed by atoms with Crippen molar-refractivity contribution in [2.45, 2.75) is 45.6 Å². The van der Waals surface area contributed by atoms with E-state index in [0.717, 1.165) is 44.6 Å². The number of carbonyl (C=O) groups excluding carboxylic acids is 1. The van der Waals surface area contributed by atoms with Crippen LogP contribution in [0.5, 0.6) is 0 Å². The molecule has 0 bridgehead atoms. The van der Waals surface area contributed by atoms with E-state index >= 15 is 0 Å². The fourth-order valence-corrected chi connectivity index (χ4v) is 3.41. The van der Waals surface area contributed by atoms with Crippen LogP contribution in [-0.4, -0.2) is 53.7 Å². The highest BCUT2D eigenvalue weighted by molar-refractivity contribution is 5.85. The summed E-state index contributed by atoms with van der Waals surface area (Å²) in [6.45, 7) is 6.27. The van der Waals surface area contributed by atoms with Crippen molar-refractivity contribution in [3.05, 3.63) is 18.3 Å². The number of piperidine rings is 1. The molecule has 0 spiro atoms. The molecule has 8 heteroatoms. The Morgan fingerprint density at radius 1 is 1.40 bits per heavy atom. The van der Waals surface area contributed by atoms with E-state index in [2.05, 4.69) is 28.9 Å². The fraction of sp³-hybridized carbons (Fsp3) is 0.706. The molecule has 2 heterocycles. The Morgan fingerprint density at radius 2 is 2.08 bits per heavy atom. The van der Waals surface area contributed by atoms with Gasteiger partial charge in [-0.3, -0.25) is 4.79 Å². The lowest BCUT2D eigenvalue weighted by Crippen LogP contribution is -2.54. The van der Waals surface area contributed by atoms with Gasteiger partial charge < -0.3 is 15.5 Å². The summed E-state index contributed by atoms with van der Waals surface area (Å²) in [5, 5.41) is 8.15. The molecule has 6 nitrogen and oxygen atoms in total. The lowest BCUT2D eigenvalue weighted by atomic mass is 9.80. The van der Waals surface area contributed by atoms with Gasteiger partial charge in [0.25, 0.3) is 0 Å². The third kappa shape index (κ3) is 5.19. The molecule has 0 aromatic carbocycles. The molecular weight excluding hydrogens is 361 g/mol. The average molecular weight is 392 g/mol. The van der Waals surface area contributed by atoms with Crippen molar-refractivity contribution in [3.63, 3.8) is 0 Å². The molecule has 1 aromatic rings. The first kappa shape index (κ1) is 23.9. The normalized spacial score (nSPS) is 17.3. The summed E-state index contributed by atoms with van der Waals surface area (Å²) < 4.78 is 0. The second kappa shape index (κ2) is 10.8. The standard InChI is InChI=1S/C17H29N5O.2ClH/c1-4-17(5-2,13-18)16(23)21(3)14-8-7-11-22(12-14)15-9-6-10-19-20-15;;/h6,9-10,14H,4-5,7-8,11-13,18H2,1-3H3;2*1H. The molecular formula is C17H31Cl2N5O. The van der Waals surface area contributed by atoms with Crippen LogP contribution in [0.25, 0.3) is 0 Å². The van der Waals surface area contributed by atoms with Crippen LogP contribution in [0, 0.1) is 5.41 Å². The molecule has 1 aromatic heterocycles. The number of hydrogen-bond acceptors (Lipinski definition) is 5. The van der Waals surface area contributed by atoms with Gasteiger partial charge in [-0.1, -0.05) is 13.8 Å². The van der Waals surface area contributed by atoms with Gasteiger partial charge in [0.1, 0.15) is 0 Å². The molecule has 0 aliphatic carbocycles.